The highest BCUT2D eigenvalue weighted by Gasteiger charge is 2.25. The Morgan fingerprint density at radius 1 is 1.10 bits per heavy atom. The lowest BCUT2D eigenvalue weighted by atomic mass is 10.0. The molecule has 1 N–H and O–H groups in total. The van der Waals surface area contributed by atoms with Crippen LogP contribution in [0, 0.1) is 0 Å². The predicted octanol–water partition coefficient (Wildman–Crippen LogP) is 3.11. The van der Waals surface area contributed by atoms with E-state index in [4.69, 9.17) is 4.74 Å². The lowest BCUT2D eigenvalue weighted by Crippen LogP contribution is -2.37. The third kappa shape index (κ3) is 3.96. The normalized spacial score (nSPS) is 15.3. The Kier molecular flexibility index (Phi) is 5.86. The van der Waals surface area contributed by atoms with E-state index in [0.29, 0.717) is 22.9 Å². The van der Waals surface area contributed by atoms with Crippen LogP contribution >= 0.6 is 0 Å². The molecule has 156 valence electrons. The highest BCUT2D eigenvalue weighted by atomic mass is 16.5. The zero-order valence-electron chi connectivity index (χ0n) is 17.4. The number of pyridine rings is 1. The zero-order valence-corrected chi connectivity index (χ0v) is 17.4. The van der Waals surface area contributed by atoms with Crippen molar-refractivity contribution in [2.75, 3.05) is 26.7 Å². The second kappa shape index (κ2) is 8.71. The zero-order chi connectivity index (χ0) is 21.1. The van der Waals surface area contributed by atoms with E-state index in [1.165, 1.54) is 17.4 Å². The molecule has 6 nitrogen and oxygen atoms in total. The number of aromatic nitrogens is 1. The van der Waals surface area contributed by atoms with Gasteiger partial charge in [0, 0.05) is 30.6 Å². The molecular formula is C24H27N3O3. The number of nitrogens with zero attached hydrogens (tertiary/aromatic N) is 2. The van der Waals surface area contributed by atoms with Gasteiger partial charge >= 0.3 is 0 Å². The minimum Gasteiger partial charge on any atom is -0.497 e. The molecule has 2 heterocycles. The van der Waals surface area contributed by atoms with Crippen molar-refractivity contribution in [3.05, 3.63) is 76.2 Å². The van der Waals surface area contributed by atoms with Crippen LogP contribution in [0.15, 0.2) is 59.5 Å². The van der Waals surface area contributed by atoms with Crippen molar-refractivity contribution in [1.82, 2.24) is 14.8 Å². The molecule has 0 bridgehead atoms. The summed E-state index contributed by atoms with van der Waals surface area (Å²) in [5, 5.41) is 4.34. The number of benzene rings is 2. The lowest BCUT2D eigenvalue weighted by molar-refractivity contribution is 0.0939. The standard InChI is InChI=1S/C24H27N3O3/c1-26-16-21(19-10-3-4-11-20(19)24(26)29)23(28)25-15-22(27-12-5-6-13-27)17-8-7-9-18(14-17)30-2/h3-4,7-11,14,16,22H,5-6,12-13,15H2,1-2H3,(H,25,28)/t22-/m1/s1. The highest BCUT2D eigenvalue weighted by Crippen LogP contribution is 2.27. The number of rotatable bonds is 6. The molecule has 1 aromatic heterocycles. The summed E-state index contributed by atoms with van der Waals surface area (Å²) in [6.07, 6.45) is 3.95. The summed E-state index contributed by atoms with van der Waals surface area (Å²) in [5.41, 5.74) is 1.54. The second-order valence-electron chi connectivity index (χ2n) is 7.75. The van der Waals surface area contributed by atoms with Gasteiger partial charge in [-0.1, -0.05) is 30.3 Å². The van der Waals surface area contributed by atoms with Crippen LogP contribution in [0.1, 0.15) is 34.8 Å². The van der Waals surface area contributed by atoms with Crippen LogP contribution in [0.25, 0.3) is 10.8 Å². The minimum absolute atomic E-state index is 0.0744. The van der Waals surface area contributed by atoms with E-state index in [9.17, 15) is 9.59 Å². The molecule has 0 radical (unpaired) electrons. The molecular weight excluding hydrogens is 378 g/mol. The molecule has 30 heavy (non-hydrogen) atoms. The van der Waals surface area contributed by atoms with Crippen LogP contribution < -0.4 is 15.6 Å². The van der Waals surface area contributed by atoms with Gasteiger partial charge < -0.3 is 14.6 Å². The fraction of sp³-hybridized carbons (Fsp3) is 0.333. The van der Waals surface area contributed by atoms with E-state index in [1.54, 1.807) is 26.4 Å². The number of carbonyl (C=O) groups excluding carboxylic acids is 1. The summed E-state index contributed by atoms with van der Waals surface area (Å²) < 4.78 is 6.87. The summed E-state index contributed by atoms with van der Waals surface area (Å²) in [6, 6.07) is 15.4. The Bertz CT molecular complexity index is 1120. The first-order chi connectivity index (χ1) is 14.6. The van der Waals surface area contributed by atoms with Gasteiger partial charge in [-0.3, -0.25) is 14.5 Å². The molecule has 1 saturated heterocycles. The third-order valence-corrected chi connectivity index (χ3v) is 5.85. The number of ether oxygens (including phenoxy) is 1. The largest absolute Gasteiger partial charge is 0.497 e. The first-order valence-electron chi connectivity index (χ1n) is 10.3. The summed E-state index contributed by atoms with van der Waals surface area (Å²) in [6.45, 7) is 2.52. The van der Waals surface area contributed by atoms with Crippen LogP contribution in [0.4, 0.5) is 0 Å². The molecule has 1 aliphatic rings. The van der Waals surface area contributed by atoms with Crippen LogP contribution in [0.2, 0.25) is 0 Å². The van der Waals surface area contributed by atoms with Gasteiger partial charge in [-0.25, -0.2) is 0 Å². The number of hydrogen-bond donors (Lipinski definition) is 1. The van der Waals surface area contributed by atoms with Gasteiger partial charge in [0.25, 0.3) is 11.5 Å². The van der Waals surface area contributed by atoms with Gasteiger partial charge in [0.1, 0.15) is 5.75 Å². The predicted molar refractivity (Wildman–Crippen MR) is 118 cm³/mol. The molecule has 6 heteroatoms. The van der Waals surface area contributed by atoms with Crippen LogP contribution in [0.5, 0.6) is 5.75 Å². The average molecular weight is 405 g/mol. The van der Waals surface area contributed by atoms with Crippen molar-refractivity contribution < 1.29 is 9.53 Å². The second-order valence-corrected chi connectivity index (χ2v) is 7.75. The minimum atomic E-state index is -0.172. The molecule has 2 aromatic carbocycles. The Morgan fingerprint density at radius 3 is 2.57 bits per heavy atom. The SMILES string of the molecule is COc1cccc([C@@H](CNC(=O)c2cn(C)c(=O)c3ccccc23)N2CCCC2)c1. The molecule has 4 rings (SSSR count). The maximum Gasteiger partial charge on any atom is 0.258 e. The van der Waals surface area contributed by atoms with Gasteiger partial charge in [0.15, 0.2) is 0 Å². The molecule has 1 atom stereocenters. The van der Waals surface area contributed by atoms with E-state index in [0.717, 1.165) is 24.4 Å². The molecule has 1 amide bonds. The van der Waals surface area contributed by atoms with Crippen molar-refractivity contribution in [1.29, 1.82) is 0 Å². The van der Waals surface area contributed by atoms with Crippen molar-refractivity contribution >= 4 is 16.7 Å². The summed E-state index contributed by atoms with van der Waals surface area (Å²) in [7, 11) is 3.34. The van der Waals surface area contributed by atoms with Crippen LogP contribution in [-0.2, 0) is 7.05 Å². The van der Waals surface area contributed by atoms with Crippen LogP contribution in [0.3, 0.4) is 0 Å². The first-order valence-corrected chi connectivity index (χ1v) is 10.3. The van der Waals surface area contributed by atoms with E-state index in [2.05, 4.69) is 16.3 Å². The van der Waals surface area contributed by atoms with Gasteiger partial charge in [-0.05, 0) is 49.7 Å². The number of carbonyl (C=O) groups is 1. The molecule has 0 saturated carbocycles. The number of fused-ring (bicyclic) bond motifs is 1. The summed E-state index contributed by atoms with van der Waals surface area (Å²) in [5.74, 6) is 0.640. The highest BCUT2D eigenvalue weighted by molar-refractivity contribution is 6.06. The quantitative estimate of drug-likeness (QED) is 0.685. The van der Waals surface area contributed by atoms with Gasteiger partial charge in [-0.15, -0.1) is 0 Å². The summed E-state index contributed by atoms with van der Waals surface area (Å²) in [4.78, 5) is 27.9. The first kappa shape index (κ1) is 20.2. The molecule has 0 spiro atoms. The number of likely N-dealkylation sites (tertiary alicyclic amines) is 1. The van der Waals surface area contributed by atoms with Crippen molar-refractivity contribution in [3.8, 4) is 5.75 Å². The number of methoxy groups -OCH3 is 1. The van der Waals surface area contributed by atoms with E-state index < -0.39 is 0 Å². The maximum absolute atomic E-state index is 13.1. The van der Waals surface area contributed by atoms with Crippen molar-refractivity contribution in [2.45, 2.75) is 18.9 Å². The van der Waals surface area contributed by atoms with Crippen molar-refractivity contribution in [3.63, 3.8) is 0 Å². The number of hydrogen-bond acceptors (Lipinski definition) is 4. The van der Waals surface area contributed by atoms with E-state index in [1.807, 2.05) is 36.4 Å². The molecule has 1 aliphatic heterocycles. The molecule has 0 aliphatic carbocycles. The molecule has 1 fully saturated rings. The van der Waals surface area contributed by atoms with Gasteiger partial charge in [-0.2, -0.15) is 0 Å². The Balaban J connectivity index is 1.61. The monoisotopic (exact) mass is 405 g/mol. The number of nitrogens with one attached hydrogen (secondary N) is 1. The smallest absolute Gasteiger partial charge is 0.258 e. The molecule has 0 unspecified atom stereocenters. The Morgan fingerprint density at radius 2 is 1.83 bits per heavy atom. The van der Waals surface area contributed by atoms with Crippen LogP contribution in [-0.4, -0.2) is 42.1 Å². The Hall–Kier alpha value is -3.12. The fourth-order valence-electron chi connectivity index (χ4n) is 4.24. The topological polar surface area (TPSA) is 63.6 Å². The Labute approximate surface area is 176 Å². The summed E-state index contributed by atoms with van der Waals surface area (Å²) >= 11 is 0. The molecule has 3 aromatic rings. The maximum atomic E-state index is 13.1. The lowest BCUT2D eigenvalue weighted by Gasteiger charge is -2.28. The van der Waals surface area contributed by atoms with E-state index in [-0.39, 0.29) is 17.5 Å². The van der Waals surface area contributed by atoms with Gasteiger partial charge in [0.2, 0.25) is 0 Å². The van der Waals surface area contributed by atoms with Crippen molar-refractivity contribution in [2.24, 2.45) is 7.05 Å². The number of aryl methyl sites for hydroxylation is 1. The van der Waals surface area contributed by atoms with Gasteiger partial charge in [0.05, 0.1) is 18.7 Å². The number of amides is 1. The average Bonchev–Trinajstić information content (AvgIpc) is 3.31. The fourth-order valence-corrected chi connectivity index (χ4v) is 4.24. The van der Waals surface area contributed by atoms with E-state index >= 15 is 0 Å². The third-order valence-electron chi connectivity index (χ3n) is 5.85.